The third-order valence-corrected chi connectivity index (χ3v) is 3.61. The van der Waals surface area contributed by atoms with Crippen LogP contribution >= 0.6 is 24.0 Å². The summed E-state index contributed by atoms with van der Waals surface area (Å²) in [5, 5.41) is 13.8. The Morgan fingerprint density at radius 1 is 1.24 bits per heavy atom. The van der Waals surface area contributed by atoms with Crippen LogP contribution < -0.4 is 10.6 Å². The Labute approximate surface area is 163 Å². The average molecular weight is 464 g/mol. The van der Waals surface area contributed by atoms with E-state index in [-0.39, 0.29) is 30.0 Å². The van der Waals surface area contributed by atoms with Gasteiger partial charge in [0.2, 0.25) is 0 Å². The van der Waals surface area contributed by atoms with Gasteiger partial charge in [0.1, 0.15) is 24.3 Å². The fourth-order valence-electron chi connectivity index (χ4n) is 2.29. The van der Waals surface area contributed by atoms with Gasteiger partial charge in [0.15, 0.2) is 5.96 Å². The molecular weight excluding hydrogens is 441 g/mol. The maximum absolute atomic E-state index is 13.8. The molecule has 0 radical (unpaired) electrons. The van der Waals surface area contributed by atoms with Crippen LogP contribution in [0.4, 0.5) is 8.78 Å². The van der Waals surface area contributed by atoms with E-state index in [1.807, 2.05) is 4.57 Å². The molecule has 2 aromatic rings. The molecule has 0 fully saturated rings. The van der Waals surface area contributed by atoms with Gasteiger partial charge in [-0.15, -0.1) is 34.2 Å². The van der Waals surface area contributed by atoms with E-state index < -0.39 is 11.6 Å². The van der Waals surface area contributed by atoms with Crippen molar-refractivity contribution in [2.75, 3.05) is 13.6 Å². The van der Waals surface area contributed by atoms with Crippen molar-refractivity contribution in [3.05, 3.63) is 48.1 Å². The average Bonchev–Trinajstić information content (AvgIpc) is 3.06. The number of nitrogens with one attached hydrogen (secondary N) is 2. The summed E-state index contributed by atoms with van der Waals surface area (Å²) in [6.45, 7) is 3.40. The normalized spacial score (nSPS) is 12.4. The largest absolute Gasteiger partial charge is 0.356 e. The molecule has 0 saturated heterocycles. The Bertz CT molecular complexity index is 663. The van der Waals surface area contributed by atoms with Gasteiger partial charge >= 0.3 is 0 Å². The van der Waals surface area contributed by atoms with Crippen molar-refractivity contribution in [2.24, 2.45) is 4.99 Å². The third kappa shape index (κ3) is 6.92. The Hall–Kier alpha value is -1.78. The molecule has 25 heavy (non-hydrogen) atoms. The number of nitrogens with zero attached hydrogens (tertiary/aromatic N) is 4. The van der Waals surface area contributed by atoms with Crippen LogP contribution in [-0.4, -0.2) is 34.3 Å². The molecule has 1 aromatic carbocycles. The molecule has 138 valence electrons. The summed E-state index contributed by atoms with van der Waals surface area (Å²) in [7, 11) is 1.65. The van der Waals surface area contributed by atoms with E-state index in [0.29, 0.717) is 11.5 Å². The SMILES string of the molecule is CN=C(NCCCCn1cnnc1)NC(C)c1ccc(F)cc1F.I. The summed E-state index contributed by atoms with van der Waals surface area (Å²) < 4.78 is 28.7. The number of aromatic nitrogens is 3. The van der Waals surface area contributed by atoms with Gasteiger partial charge in [-0.25, -0.2) is 8.78 Å². The molecule has 0 bridgehead atoms. The Kier molecular flexibility index (Phi) is 9.32. The lowest BCUT2D eigenvalue weighted by Gasteiger charge is -2.18. The summed E-state index contributed by atoms with van der Waals surface area (Å²) in [5.74, 6) is -0.575. The first kappa shape index (κ1) is 21.3. The number of rotatable bonds is 7. The lowest BCUT2D eigenvalue weighted by Crippen LogP contribution is -2.39. The third-order valence-electron chi connectivity index (χ3n) is 3.61. The summed E-state index contributed by atoms with van der Waals surface area (Å²) in [4.78, 5) is 4.12. The van der Waals surface area contributed by atoms with Crippen LogP contribution in [0.15, 0.2) is 35.8 Å². The van der Waals surface area contributed by atoms with Crippen LogP contribution in [0.3, 0.4) is 0 Å². The predicted octanol–water partition coefficient (Wildman–Crippen LogP) is 2.88. The summed E-state index contributed by atoms with van der Waals surface area (Å²) >= 11 is 0. The second-order valence-corrected chi connectivity index (χ2v) is 5.44. The first-order valence-corrected chi connectivity index (χ1v) is 7.84. The predicted molar refractivity (Wildman–Crippen MR) is 104 cm³/mol. The molecule has 0 aliphatic carbocycles. The molecule has 6 nitrogen and oxygen atoms in total. The highest BCUT2D eigenvalue weighted by Crippen LogP contribution is 2.17. The first-order valence-electron chi connectivity index (χ1n) is 7.84. The van der Waals surface area contributed by atoms with Gasteiger partial charge in [-0.05, 0) is 25.8 Å². The van der Waals surface area contributed by atoms with Crippen LogP contribution in [0.5, 0.6) is 0 Å². The molecule has 1 aromatic heterocycles. The smallest absolute Gasteiger partial charge is 0.191 e. The van der Waals surface area contributed by atoms with Crippen molar-refractivity contribution < 1.29 is 8.78 Å². The fraction of sp³-hybridized carbons (Fsp3) is 0.438. The number of aliphatic imine (C=N–C) groups is 1. The topological polar surface area (TPSA) is 67.1 Å². The molecule has 0 saturated carbocycles. The van der Waals surface area contributed by atoms with Crippen molar-refractivity contribution in [2.45, 2.75) is 32.4 Å². The zero-order chi connectivity index (χ0) is 17.4. The number of benzene rings is 1. The fourth-order valence-corrected chi connectivity index (χ4v) is 2.29. The Balaban J connectivity index is 0.00000312. The van der Waals surface area contributed by atoms with Crippen molar-refractivity contribution in [3.63, 3.8) is 0 Å². The van der Waals surface area contributed by atoms with Gasteiger partial charge in [0, 0.05) is 31.8 Å². The molecule has 9 heteroatoms. The number of guanidine groups is 1. The Morgan fingerprint density at radius 3 is 2.60 bits per heavy atom. The first-order chi connectivity index (χ1) is 11.6. The second kappa shape index (κ2) is 11.0. The quantitative estimate of drug-likeness (QED) is 0.286. The van der Waals surface area contributed by atoms with Crippen molar-refractivity contribution in [3.8, 4) is 0 Å². The van der Waals surface area contributed by atoms with E-state index >= 15 is 0 Å². The van der Waals surface area contributed by atoms with Crippen LogP contribution in [-0.2, 0) is 6.54 Å². The van der Waals surface area contributed by atoms with Crippen molar-refractivity contribution in [1.82, 2.24) is 25.4 Å². The van der Waals surface area contributed by atoms with E-state index in [1.165, 1.54) is 12.1 Å². The van der Waals surface area contributed by atoms with Gasteiger partial charge in [0.25, 0.3) is 0 Å². The minimum absolute atomic E-state index is 0. The zero-order valence-electron chi connectivity index (χ0n) is 14.2. The van der Waals surface area contributed by atoms with E-state index in [9.17, 15) is 8.78 Å². The number of halogens is 3. The van der Waals surface area contributed by atoms with Gasteiger partial charge < -0.3 is 15.2 Å². The van der Waals surface area contributed by atoms with Crippen LogP contribution in [0, 0.1) is 11.6 Å². The molecule has 2 rings (SSSR count). The summed E-state index contributed by atoms with van der Waals surface area (Å²) in [5.41, 5.74) is 0.395. The number of hydrogen-bond acceptors (Lipinski definition) is 3. The Morgan fingerprint density at radius 2 is 1.96 bits per heavy atom. The van der Waals surface area contributed by atoms with Crippen molar-refractivity contribution >= 4 is 29.9 Å². The highest BCUT2D eigenvalue weighted by Gasteiger charge is 2.12. The summed E-state index contributed by atoms with van der Waals surface area (Å²) in [6, 6.07) is 3.25. The van der Waals surface area contributed by atoms with Crippen LogP contribution in [0.25, 0.3) is 0 Å². The lowest BCUT2D eigenvalue weighted by molar-refractivity contribution is 0.549. The lowest BCUT2D eigenvalue weighted by atomic mass is 10.1. The molecule has 0 amide bonds. The van der Waals surface area contributed by atoms with E-state index in [2.05, 4.69) is 25.8 Å². The van der Waals surface area contributed by atoms with Gasteiger partial charge in [-0.3, -0.25) is 4.99 Å². The van der Waals surface area contributed by atoms with E-state index in [0.717, 1.165) is 32.0 Å². The molecular formula is C16H23F2IN6. The van der Waals surface area contributed by atoms with E-state index in [1.54, 1.807) is 26.6 Å². The number of aryl methyl sites for hydroxylation is 1. The molecule has 1 heterocycles. The maximum atomic E-state index is 13.8. The molecule has 2 N–H and O–H groups in total. The van der Waals surface area contributed by atoms with Gasteiger partial charge in [-0.1, -0.05) is 6.07 Å². The van der Waals surface area contributed by atoms with Crippen LogP contribution in [0.1, 0.15) is 31.4 Å². The minimum Gasteiger partial charge on any atom is -0.356 e. The monoisotopic (exact) mass is 464 g/mol. The van der Waals surface area contributed by atoms with Crippen molar-refractivity contribution in [1.29, 1.82) is 0 Å². The summed E-state index contributed by atoms with van der Waals surface area (Å²) in [6.07, 6.45) is 5.29. The minimum atomic E-state index is -0.584. The molecule has 0 aliphatic heterocycles. The zero-order valence-corrected chi connectivity index (χ0v) is 16.6. The van der Waals surface area contributed by atoms with E-state index in [4.69, 9.17) is 0 Å². The molecule has 0 spiro atoms. The second-order valence-electron chi connectivity index (χ2n) is 5.44. The molecule has 1 unspecified atom stereocenters. The highest BCUT2D eigenvalue weighted by molar-refractivity contribution is 14.0. The van der Waals surface area contributed by atoms with Gasteiger partial charge in [0.05, 0.1) is 6.04 Å². The maximum Gasteiger partial charge on any atom is 0.191 e. The standard InChI is InChI=1S/C16H22F2N6.HI/c1-12(14-6-5-13(17)9-15(14)18)23-16(19-2)20-7-3-4-8-24-10-21-22-11-24;/h5-6,9-12H,3-4,7-8H2,1-2H3,(H2,19,20,23);1H. The van der Waals surface area contributed by atoms with Gasteiger partial charge in [-0.2, -0.15) is 0 Å². The highest BCUT2D eigenvalue weighted by atomic mass is 127. The number of hydrogen-bond donors (Lipinski definition) is 2. The molecule has 0 aliphatic rings. The van der Waals surface area contributed by atoms with Crippen LogP contribution in [0.2, 0.25) is 0 Å². The number of unbranched alkanes of at least 4 members (excludes halogenated alkanes) is 1. The molecule has 1 atom stereocenters.